The van der Waals surface area contributed by atoms with Crippen molar-refractivity contribution in [2.24, 2.45) is 0 Å². The van der Waals surface area contributed by atoms with Crippen molar-refractivity contribution >= 4 is 27.3 Å². The summed E-state index contributed by atoms with van der Waals surface area (Å²) in [5, 5.41) is 0.706. The molecule has 0 aromatic heterocycles. The fourth-order valence-corrected chi connectivity index (χ4v) is 5.49. The summed E-state index contributed by atoms with van der Waals surface area (Å²) in [7, 11) is -2.85. The first-order valence-corrected chi connectivity index (χ1v) is 10.6. The zero-order valence-electron chi connectivity index (χ0n) is 13.7. The highest BCUT2D eigenvalue weighted by molar-refractivity contribution is 7.91. The van der Waals surface area contributed by atoms with Gasteiger partial charge in [-0.2, -0.15) is 0 Å². The van der Waals surface area contributed by atoms with E-state index in [9.17, 15) is 13.2 Å². The average Bonchev–Trinajstić information content (AvgIpc) is 2.94. The van der Waals surface area contributed by atoms with Crippen LogP contribution in [0.4, 0.5) is 0 Å². The largest absolute Gasteiger partial charge is 0.340 e. The molecule has 7 heteroatoms. The molecular formula is C17H23ClN2O3S. The molecule has 132 valence electrons. The fraction of sp³-hybridized carbons (Fsp3) is 0.588. The Balaban J connectivity index is 1.46. The van der Waals surface area contributed by atoms with Crippen LogP contribution in [0.2, 0.25) is 5.02 Å². The second-order valence-corrected chi connectivity index (χ2v) is 9.20. The third-order valence-corrected chi connectivity index (χ3v) is 7.08. The highest BCUT2D eigenvalue weighted by atomic mass is 35.5. The molecule has 0 N–H and O–H groups in total. The summed E-state index contributed by atoms with van der Waals surface area (Å²) in [6.07, 6.45) is 1.84. The molecule has 2 heterocycles. The van der Waals surface area contributed by atoms with E-state index in [-0.39, 0.29) is 17.7 Å². The predicted molar refractivity (Wildman–Crippen MR) is 95.0 cm³/mol. The van der Waals surface area contributed by atoms with Gasteiger partial charge < -0.3 is 4.90 Å². The lowest BCUT2D eigenvalue weighted by atomic mass is 10.1. The van der Waals surface area contributed by atoms with Gasteiger partial charge in [-0.05, 0) is 24.5 Å². The minimum Gasteiger partial charge on any atom is -0.340 e. The van der Waals surface area contributed by atoms with Crippen LogP contribution >= 0.6 is 11.6 Å². The quantitative estimate of drug-likeness (QED) is 0.807. The number of piperazine rings is 1. The van der Waals surface area contributed by atoms with Crippen LogP contribution < -0.4 is 0 Å². The van der Waals surface area contributed by atoms with Crippen molar-refractivity contribution in [3.8, 4) is 0 Å². The second-order valence-electron chi connectivity index (χ2n) is 6.57. The summed E-state index contributed by atoms with van der Waals surface area (Å²) < 4.78 is 23.2. The predicted octanol–water partition coefficient (Wildman–Crippen LogP) is 1.60. The van der Waals surface area contributed by atoms with Crippen molar-refractivity contribution in [2.45, 2.75) is 25.3 Å². The van der Waals surface area contributed by atoms with E-state index in [4.69, 9.17) is 11.6 Å². The molecule has 0 radical (unpaired) electrons. The van der Waals surface area contributed by atoms with Gasteiger partial charge in [0.05, 0.1) is 11.5 Å². The number of carbonyl (C=O) groups excluding carboxylic acids is 1. The Morgan fingerprint density at radius 1 is 1.17 bits per heavy atom. The van der Waals surface area contributed by atoms with E-state index >= 15 is 0 Å². The number of hydrogen-bond acceptors (Lipinski definition) is 4. The van der Waals surface area contributed by atoms with E-state index in [0.717, 1.165) is 25.1 Å². The molecule has 0 spiro atoms. The molecule has 1 amide bonds. The lowest BCUT2D eigenvalue weighted by molar-refractivity contribution is -0.133. The molecule has 5 nitrogen and oxygen atoms in total. The Kier molecular flexibility index (Phi) is 5.47. The van der Waals surface area contributed by atoms with E-state index < -0.39 is 9.84 Å². The Bertz CT molecular complexity index is 700. The van der Waals surface area contributed by atoms with Gasteiger partial charge in [0, 0.05) is 43.7 Å². The number of aryl methyl sites for hydroxylation is 1. The van der Waals surface area contributed by atoms with Crippen LogP contribution in [0, 0.1) is 0 Å². The van der Waals surface area contributed by atoms with Crippen molar-refractivity contribution in [2.75, 3.05) is 37.7 Å². The van der Waals surface area contributed by atoms with Gasteiger partial charge in [-0.15, -0.1) is 0 Å². The van der Waals surface area contributed by atoms with Gasteiger partial charge in [0.15, 0.2) is 9.84 Å². The van der Waals surface area contributed by atoms with E-state index in [1.165, 1.54) is 0 Å². The molecule has 1 aromatic carbocycles. The van der Waals surface area contributed by atoms with Crippen molar-refractivity contribution in [3.05, 3.63) is 34.9 Å². The number of amides is 1. The minimum absolute atomic E-state index is 0.135. The third kappa shape index (κ3) is 4.29. The molecule has 2 saturated heterocycles. The molecule has 2 aliphatic heterocycles. The van der Waals surface area contributed by atoms with Crippen LogP contribution in [0.3, 0.4) is 0 Å². The summed E-state index contributed by atoms with van der Waals surface area (Å²) in [5.41, 5.74) is 1.00. The second kappa shape index (κ2) is 7.42. The smallest absolute Gasteiger partial charge is 0.222 e. The van der Waals surface area contributed by atoms with E-state index in [1.807, 2.05) is 29.2 Å². The first kappa shape index (κ1) is 17.7. The number of nitrogens with zero attached hydrogens (tertiary/aromatic N) is 2. The van der Waals surface area contributed by atoms with Gasteiger partial charge in [-0.1, -0.05) is 29.8 Å². The van der Waals surface area contributed by atoms with Gasteiger partial charge in [0.25, 0.3) is 0 Å². The summed E-state index contributed by atoms with van der Waals surface area (Å²) in [6, 6.07) is 7.75. The summed E-state index contributed by atoms with van der Waals surface area (Å²) >= 11 is 6.13. The first-order chi connectivity index (χ1) is 11.4. The zero-order valence-corrected chi connectivity index (χ0v) is 15.2. The SMILES string of the molecule is O=C(CCc1ccccc1Cl)N1CCN([C@H]2CCS(=O)(=O)C2)CC1. The Morgan fingerprint density at radius 3 is 2.50 bits per heavy atom. The molecule has 24 heavy (non-hydrogen) atoms. The van der Waals surface area contributed by atoms with Crippen LogP contribution in [0.25, 0.3) is 0 Å². The number of benzene rings is 1. The highest BCUT2D eigenvalue weighted by Gasteiger charge is 2.34. The number of carbonyl (C=O) groups is 1. The van der Waals surface area contributed by atoms with Gasteiger partial charge in [-0.3, -0.25) is 9.69 Å². The molecule has 1 atom stereocenters. The van der Waals surface area contributed by atoms with Crippen molar-refractivity contribution in [3.63, 3.8) is 0 Å². The van der Waals surface area contributed by atoms with E-state index in [2.05, 4.69) is 4.90 Å². The lowest BCUT2D eigenvalue weighted by Crippen LogP contribution is -2.52. The number of hydrogen-bond donors (Lipinski definition) is 0. The topological polar surface area (TPSA) is 57.7 Å². The maximum atomic E-state index is 12.4. The molecular weight excluding hydrogens is 348 g/mol. The molecule has 2 aliphatic rings. The van der Waals surface area contributed by atoms with E-state index in [1.54, 1.807) is 0 Å². The summed E-state index contributed by atoms with van der Waals surface area (Å²) in [4.78, 5) is 16.5. The van der Waals surface area contributed by atoms with Gasteiger partial charge in [0.2, 0.25) is 5.91 Å². The van der Waals surface area contributed by atoms with Crippen LogP contribution in [-0.2, 0) is 21.1 Å². The standard InChI is InChI=1S/C17H23ClN2O3S/c18-16-4-2-1-3-14(16)5-6-17(21)20-10-8-19(9-11-20)15-7-12-24(22,23)13-15/h1-4,15H,5-13H2/t15-/m0/s1. The molecule has 2 fully saturated rings. The number of halogens is 1. The highest BCUT2D eigenvalue weighted by Crippen LogP contribution is 2.20. The third-order valence-electron chi connectivity index (χ3n) is 4.96. The monoisotopic (exact) mass is 370 g/mol. The molecule has 0 saturated carbocycles. The van der Waals surface area contributed by atoms with Gasteiger partial charge >= 0.3 is 0 Å². The van der Waals surface area contributed by atoms with Crippen molar-refractivity contribution in [1.82, 2.24) is 9.80 Å². The van der Waals surface area contributed by atoms with E-state index in [0.29, 0.717) is 36.7 Å². The zero-order chi connectivity index (χ0) is 17.2. The van der Waals surface area contributed by atoms with Gasteiger partial charge in [-0.25, -0.2) is 8.42 Å². The fourth-order valence-electron chi connectivity index (χ4n) is 3.50. The number of rotatable bonds is 4. The normalized spacial score (nSPS) is 24.2. The molecule has 0 unspecified atom stereocenters. The number of sulfone groups is 1. The molecule has 0 aliphatic carbocycles. The molecule has 0 bridgehead atoms. The van der Waals surface area contributed by atoms with Gasteiger partial charge in [0.1, 0.15) is 0 Å². The van der Waals surface area contributed by atoms with Crippen LogP contribution in [-0.4, -0.2) is 67.9 Å². The summed E-state index contributed by atoms with van der Waals surface area (Å²) in [6.45, 7) is 2.88. The Hall–Kier alpha value is -1.11. The molecule has 1 aromatic rings. The Morgan fingerprint density at radius 2 is 1.88 bits per heavy atom. The van der Waals surface area contributed by atoms with Crippen molar-refractivity contribution in [1.29, 1.82) is 0 Å². The van der Waals surface area contributed by atoms with Crippen LogP contribution in [0.15, 0.2) is 24.3 Å². The van der Waals surface area contributed by atoms with Crippen LogP contribution in [0.1, 0.15) is 18.4 Å². The van der Waals surface area contributed by atoms with Crippen LogP contribution in [0.5, 0.6) is 0 Å². The Labute approximate surface area is 148 Å². The minimum atomic E-state index is -2.85. The lowest BCUT2D eigenvalue weighted by Gasteiger charge is -2.37. The average molecular weight is 371 g/mol. The maximum absolute atomic E-state index is 12.4. The maximum Gasteiger partial charge on any atom is 0.222 e. The first-order valence-electron chi connectivity index (χ1n) is 8.40. The summed E-state index contributed by atoms with van der Waals surface area (Å²) in [5.74, 6) is 0.718. The molecule has 3 rings (SSSR count). The van der Waals surface area contributed by atoms with Crippen molar-refractivity contribution < 1.29 is 13.2 Å².